The first-order chi connectivity index (χ1) is 8.96. The maximum absolute atomic E-state index is 11.9. The first-order valence-electron chi connectivity index (χ1n) is 6.45. The smallest absolute Gasteiger partial charge is 0.226 e. The van der Waals surface area contributed by atoms with E-state index in [4.69, 9.17) is 10.5 Å². The number of rotatable bonds is 4. The van der Waals surface area contributed by atoms with Gasteiger partial charge in [0.15, 0.2) is 0 Å². The molecule has 1 aliphatic heterocycles. The number of nitrogen functional groups attached to an aromatic ring is 1. The highest BCUT2D eigenvalue weighted by Crippen LogP contribution is 2.21. The summed E-state index contributed by atoms with van der Waals surface area (Å²) >= 11 is 0. The maximum atomic E-state index is 11.9. The second kappa shape index (κ2) is 5.48. The van der Waals surface area contributed by atoms with Crippen molar-refractivity contribution in [2.45, 2.75) is 25.4 Å². The van der Waals surface area contributed by atoms with Crippen LogP contribution in [0, 0.1) is 0 Å². The number of carbonyl (C=O) groups is 1. The Hall–Kier alpha value is -1.75. The molecule has 1 amide bonds. The highest BCUT2D eigenvalue weighted by molar-refractivity contribution is 5.76. The summed E-state index contributed by atoms with van der Waals surface area (Å²) in [6.45, 7) is 3.12. The number of β-amino-alcohol motifs (C(OH)–C–C–N with tert-alkyl or cyclic N) is 1. The molecule has 1 saturated heterocycles. The van der Waals surface area contributed by atoms with E-state index in [2.05, 4.69) is 0 Å². The van der Waals surface area contributed by atoms with E-state index in [1.54, 1.807) is 36.1 Å². The number of anilines is 1. The van der Waals surface area contributed by atoms with Crippen molar-refractivity contribution in [3.63, 3.8) is 0 Å². The fourth-order valence-electron chi connectivity index (χ4n) is 2.14. The van der Waals surface area contributed by atoms with Gasteiger partial charge in [-0.3, -0.25) is 4.79 Å². The quantitative estimate of drug-likeness (QED) is 0.796. The van der Waals surface area contributed by atoms with Crippen LogP contribution in [-0.2, 0) is 4.79 Å². The van der Waals surface area contributed by atoms with Gasteiger partial charge in [0, 0.05) is 18.8 Å². The number of likely N-dealkylation sites (tertiary alicyclic amines) is 1. The summed E-state index contributed by atoms with van der Waals surface area (Å²) in [6.07, 6.45) is 0.956. The minimum absolute atomic E-state index is 0.0215. The Bertz CT molecular complexity index is 443. The summed E-state index contributed by atoms with van der Waals surface area (Å²) in [7, 11) is 0. The largest absolute Gasteiger partial charge is 0.493 e. The summed E-state index contributed by atoms with van der Waals surface area (Å²) in [4.78, 5) is 13.6. The van der Waals surface area contributed by atoms with Gasteiger partial charge in [0.1, 0.15) is 5.75 Å². The van der Waals surface area contributed by atoms with Crippen LogP contribution >= 0.6 is 0 Å². The predicted octanol–water partition coefficient (Wildman–Crippen LogP) is 1.02. The lowest BCUT2D eigenvalue weighted by Gasteiger charge is -2.19. The lowest BCUT2D eigenvalue weighted by Crippen LogP contribution is -2.34. The number of aliphatic hydroxyl groups is 1. The van der Waals surface area contributed by atoms with Crippen LogP contribution in [0.15, 0.2) is 24.3 Å². The highest BCUT2D eigenvalue weighted by atomic mass is 16.5. The topological polar surface area (TPSA) is 75.8 Å². The van der Waals surface area contributed by atoms with E-state index in [1.165, 1.54) is 0 Å². The molecule has 1 heterocycles. The van der Waals surface area contributed by atoms with Crippen molar-refractivity contribution in [3.05, 3.63) is 24.3 Å². The fourth-order valence-corrected chi connectivity index (χ4v) is 2.14. The van der Waals surface area contributed by atoms with Crippen molar-refractivity contribution in [1.29, 1.82) is 0 Å². The zero-order chi connectivity index (χ0) is 13.9. The Morgan fingerprint density at radius 2 is 2.16 bits per heavy atom. The number of nitrogens with two attached hydrogens (primary N) is 1. The van der Waals surface area contributed by atoms with Crippen molar-refractivity contribution in [2.24, 2.45) is 0 Å². The van der Waals surface area contributed by atoms with Crippen LogP contribution in [-0.4, -0.2) is 41.2 Å². The highest BCUT2D eigenvalue weighted by Gasteiger charge is 2.33. The molecule has 0 aromatic heterocycles. The number of hydrogen-bond donors (Lipinski definition) is 2. The summed E-state index contributed by atoms with van der Waals surface area (Å²) in [5.74, 6) is 0.726. The molecule has 19 heavy (non-hydrogen) atoms. The zero-order valence-electron chi connectivity index (χ0n) is 11.1. The molecule has 1 aromatic carbocycles. The van der Waals surface area contributed by atoms with Crippen LogP contribution < -0.4 is 10.5 Å². The fraction of sp³-hybridized carbons (Fsp3) is 0.500. The third kappa shape index (κ3) is 3.86. The lowest BCUT2D eigenvalue weighted by atomic mass is 10.1. The van der Waals surface area contributed by atoms with E-state index < -0.39 is 5.60 Å². The molecule has 5 nitrogen and oxygen atoms in total. The standard InChI is InChI=1S/C14H20N2O3/c1-14(18)7-8-16(10-14)13(17)6-9-19-12-4-2-11(15)3-5-12/h2-5,18H,6-10,15H2,1H3. The van der Waals surface area contributed by atoms with E-state index >= 15 is 0 Å². The minimum atomic E-state index is -0.743. The molecule has 0 spiro atoms. The van der Waals surface area contributed by atoms with Crippen molar-refractivity contribution in [1.82, 2.24) is 4.90 Å². The van der Waals surface area contributed by atoms with Crippen LogP contribution in [0.2, 0.25) is 0 Å². The molecule has 104 valence electrons. The molecule has 0 saturated carbocycles. The third-order valence-electron chi connectivity index (χ3n) is 3.27. The van der Waals surface area contributed by atoms with Gasteiger partial charge in [-0.2, -0.15) is 0 Å². The van der Waals surface area contributed by atoms with Gasteiger partial charge in [0.05, 0.1) is 18.6 Å². The summed E-state index contributed by atoms with van der Waals surface area (Å²) in [5, 5.41) is 9.81. The van der Waals surface area contributed by atoms with Gasteiger partial charge < -0.3 is 20.5 Å². The van der Waals surface area contributed by atoms with Crippen LogP contribution in [0.3, 0.4) is 0 Å². The number of amides is 1. The Morgan fingerprint density at radius 1 is 1.47 bits per heavy atom. The molecular formula is C14H20N2O3. The summed E-state index contributed by atoms with van der Waals surface area (Å²) < 4.78 is 5.48. The minimum Gasteiger partial charge on any atom is -0.493 e. The maximum Gasteiger partial charge on any atom is 0.226 e. The van der Waals surface area contributed by atoms with Crippen molar-refractivity contribution >= 4 is 11.6 Å². The molecule has 3 N–H and O–H groups in total. The molecular weight excluding hydrogens is 244 g/mol. The van der Waals surface area contributed by atoms with E-state index in [0.717, 1.165) is 0 Å². The average molecular weight is 264 g/mol. The van der Waals surface area contributed by atoms with Gasteiger partial charge in [0.25, 0.3) is 0 Å². The van der Waals surface area contributed by atoms with Gasteiger partial charge in [0.2, 0.25) is 5.91 Å². The molecule has 1 aliphatic rings. The van der Waals surface area contributed by atoms with E-state index in [0.29, 0.717) is 44.0 Å². The van der Waals surface area contributed by atoms with Crippen LogP contribution in [0.4, 0.5) is 5.69 Å². The molecule has 0 radical (unpaired) electrons. The van der Waals surface area contributed by atoms with Crippen LogP contribution in [0.5, 0.6) is 5.75 Å². The third-order valence-corrected chi connectivity index (χ3v) is 3.27. The monoisotopic (exact) mass is 264 g/mol. The normalized spacial score (nSPS) is 22.5. The molecule has 1 unspecified atom stereocenters. The number of benzene rings is 1. The number of carbonyl (C=O) groups excluding carboxylic acids is 1. The van der Waals surface area contributed by atoms with Crippen molar-refractivity contribution < 1.29 is 14.6 Å². The summed E-state index contributed by atoms with van der Waals surface area (Å²) in [6, 6.07) is 7.07. The Kier molecular flexibility index (Phi) is 3.95. The molecule has 1 aromatic rings. The molecule has 1 atom stereocenters. The predicted molar refractivity (Wildman–Crippen MR) is 72.8 cm³/mol. The number of nitrogens with zero attached hydrogens (tertiary/aromatic N) is 1. The van der Waals surface area contributed by atoms with Gasteiger partial charge >= 0.3 is 0 Å². The average Bonchev–Trinajstić information content (AvgIpc) is 2.72. The Balaban J connectivity index is 1.74. The zero-order valence-corrected chi connectivity index (χ0v) is 11.1. The van der Waals surface area contributed by atoms with Crippen molar-refractivity contribution in [3.8, 4) is 5.75 Å². The SMILES string of the molecule is CC1(O)CCN(C(=O)CCOc2ccc(N)cc2)C1. The lowest BCUT2D eigenvalue weighted by molar-refractivity contribution is -0.131. The second-order valence-electron chi connectivity index (χ2n) is 5.23. The van der Waals surface area contributed by atoms with Crippen LogP contribution in [0.25, 0.3) is 0 Å². The molecule has 1 fully saturated rings. The molecule has 0 aliphatic carbocycles. The second-order valence-corrected chi connectivity index (χ2v) is 5.23. The Morgan fingerprint density at radius 3 is 2.74 bits per heavy atom. The van der Waals surface area contributed by atoms with E-state index in [-0.39, 0.29) is 5.91 Å². The Labute approximate surface area is 113 Å². The van der Waals surface area contributed by atoms with Gasteiger partial charge in [-0.25, -0.2) is 0 Å². The first kappa shape index (κ1) is 13.7. The first-order valence-corrected chi connectivity index (χ1v) is 6.45. The molecule has 5 heteroatoms. The summed E-state index contributed by atoms with van der Waals surface area (Å²) in [5.41, 5.74) is 5.51. The number of ether oxygens (including phenoxy) is 1. The number of hydrogen-bond acceptors (Lipinski definition) is 4. The van der Waals surface area contributed by atoms with Gasteiger partial charge in [-0.05, 0) is 37.6 Å². The van der Waals surface area contributed by atoms with E-state index in [1.807, 2.05) is 0 Å². The van der Waals surface area contributed by atoms with Crippen molar-refractivity contribution in [2.75, 3.05) is 25.4 Å². The van der Waals surface area contributed by atoms with Crippen LogP contribution in [0.1, 0.15) is 19.8 Å². The molecule has 0 bridgehead atoms. The van der Waals surface area contributed by atoms with E-state index in [9.17, 15) is 9.90 Å². The van der Waals surface area contributed by atoms with Gasteiger partial charge in [-0.15, -0.1) is 0 Å². The van der Waals surface area contributed by atoms with Gasteiger partial charge in [-0.1, -0.05) is 0 Å². The molecule has 2 rings (SSSR count).